The number of carbonyl (C=O) groups excluding carboxylic acids is 1. The van der Waals surface area contributed by atoms with E-state index >= 15 is 0 Å². The van der Waals surface area contributed by atoms with Crippen LogP contribution in [0.4, 0.5) is 14.5 Å². The molecule has 31 heavy (non-hydrogen) atoms. The van der Waals surface area contributed by atoms with Crippen molar-refractivity contribution in [3.05, 3.63) is 71.3 Å². The number of amides is 1. The zero-order valence-electron chi connectivity index (χ0n) is 18.5. The predicted octanol–water partition coefficient (Wildman–Crippen LogP) is 4.30. The van der Waals surface area contributed by atoms with E-state index < -0.39 is 25.8 Å². The number of ether oxygens (including phenoxy) is 1. The van der Waals surface area contributed by atoms with E-state index in [0.29, 0.717) is 26.2 Å². The van der Waals surface area contributed by atoms with Crippen molar-refractivity contribution < 1.29 is 18.3 Å². The molecular formula is C24H30F2N2O2Si. The number of halogens is 2. The lowest BCUT2D eigenvalue weighted by Crippen LogP contribution is -2.44. The van der Waals surface area contributed by atoms with Gasteiger partial charge >= 0.3 is 0 Å². The SMILES string of the molecule is CN(Cc1ccccc1)C(C(=O)Nc1cc(F)c([Si](C)(C)C)c(F)c1)C1=CCOCC1. The number of anilines is 1. The Hall–Kier alpha value is -2.35. The molecule has 166 valence electrons. The van der Waals surface area contributed by atoms with E-state index in [1.54, 1.807) is 0 Å². The Kier molecular flexibility index (Phi) is 7.41. The molecule has 1 heterocycles. The van der Waals surface area contributed by atoms with Crippen LogP contribution in [-0.4, -0.2) is 45.2 Å². The summed E-state index contributed by atoms with van der Waals surface area (Å²) in [5.74, 6) is -1.52. The van der Waals surface area contributed by atoms with Crippen molar-refractivity contribution in [1.82, 2.24) is 4.90 Å². The predicted molar refractivity (Wildman–Crippen MR) is 123 cm³/mol. The third kappa shape index (κ3) is 5.87. The summed E-state index contributed by atoms with van der Waals surface area (Å²) in [5, 5.41) is 2.89. The van der Waals surface area contributed by atoms with Crippen molar-refractivity contribution in [2.45, 2.75) is 38.6 Å². The highest BCUT2D eigenvalue weighted by atomic mass is 28.3. The van der Waals surface area contributed by atoms with E-state index in [1.807, 2.05) is 68.0 Å². The van der Waals surface area contributed by atoms with Crippen LogP contribution in [0.2, 0.25) is 19.6 Å². The van der Waals surface area contributed by atoms with E-state index in [1.165, 1.54) is 12.1 Å². The maximum absolute atomic E-state index is 14.7. The Bertz CT molecular complexity index is 935. The van der Waals surface area contributed by atoms with Crippen LogP contribution < -0.4 is 10.5 Å². The molecule has 0 saturated carbocycles. The fourth-order valence-electron chi connectivity index (χ4n) is 3.98. The van der Waals surface area contributed by atoms with Gasteiger partial charge in [-0.2, -0.15) is 0 Å². The highest BCUT2D eigenvalue weighted by Gasteiger charge is 2.30. The molecule has 1 N–H and O–H groups in total. The summed E-state index contributed by atoms with van der Waals surface area (Å²) in [6.07, 6.45) is 2.55. The van der Waals surface area contributed by atoms with Gasteiger partial charge in [0, 0.05) is 17.4 Å². The minimum Gasteiger partial charge on any atom is -0.377 e. The fourth-order valence-corrected chi connectivity index (χ4v) is 5.55. The molecule has 2 aromatic carbocycles. The third-order valence-electron chi connectivity index (χ3n) is 5.37. The first-order chi connectivity index (χ1) is 14.7. The molecule has 0 spiro atoms. The number of hydrogen-bond acceptors (Lipinski definition) is 3. The highest BCUT2D eigenvalue weighted by molar-refractivity contribution is 6.88. The van der Waals surface area contributed by atoms with Gasteiger partial charge in [-0.1, -0.05) is 56.0 Å². The number of hydrogen-bond donors (Lipinski definition) is 1. The second-order valence-electron chi connectivity index (χ2n) is 8.96. The molecule has 0 radical (unpaired) electrons. The molecular weight excluding hydrogens is 414 g/mol. The topological polar surface area (TPSA) is 41.6 Å². The van der Waals surface area contributed by atoms with E-state index in [9.17, 15) is 13.6 Å². The lowest BCUT2D eigenvalue weighted by molar-refractivity contribution is -0.120. The summed E-state index contributed by atoms with van der Waals surface area (Å²) >= 11 is 0. The molecule has 0 aliphatic carbocycles. The van der Waals surface area contributed by atoms with Crippen molar-refractivity contribution in [3.63, 3.8) is 0 Å². The summed E-state index contributed by atoms with van der Waals surface area (Å²) in [4.78, 5) is 15.2. The van der Waals surface area contributed by atoms with Crippen LogP contribution in [0.15, 0.2) is 54.1 Å². The number of nitrogens with zero attached hydrogens (tertiary/aromatic N) is 1. The monoisotopic (exact) mass is 444 g/mol. The van der Waals surface area contributed by atoms with E-state index in [0.717, 1.165) is 11.1 Å². The van der Waals surface area contributed by atoms with Gasteiger partial charge in [-0.05, 0) is 36.7 Å². The third-order valence-corrected chi connectivity index (χ3v) is 7.35. The van der Waals surface area contributed by atoms with Gasteiger partial charge in [0.05, 0.1) is 21.3 Å². The first kappa shape index (κ1) is 23.3. The Morgan fingerprint density at radius 3 is 2.35 bits per heavy atom. The normalized spacial score (nSPS) is 15.5. The molecule has 1 atom stereocenters. The number of rotatable bonds is 7. The number of likely N-dealkylation sites (N-methyl/N-ethyl adjacent to an activating group) is 1. The molecule has 7 heteroatoms. The Morgan fingerprint density at radius 1 is 1.16 bits per heavy atom. The standard InChI is InChI=1S/C24H30F2N2O2Si/c1-28(16-17-8-6-5-7-9-17)22(18-10-12-30-13-11-18)24(29)27-19-14-20(25)23(21(26)15-19)31(2,3)4/h5-10,14-15,22H,11-13,16H2,1-4H3,(H,27,29). The van der Waals surface area contributed by atoms with E-state index in [4.69, 9.17) is 4.74 Å². The number of benzene rings is 2. The summed E-state index contributed by atoms with van der Waals surface area (Å²) in [5.41, 5.74) is 2.15. The zero-order chi connectivity index (χ0) is 22.6. The quantitative estimate of drug-likeness (QED) is 0.512. The van der Waals surface area contributed by atoms with Gasteiger partial charge in [-0.15, -0.1) is 0 Å². The van der Waals surface area contributed by atoms with Crippen molar-refractivity contribution >= 4 is 24.9 Å². The molecule has 0 bridgehead atoms. The van der Waals surface area contributed by atoms with Crippen molar-refractivity contribution in [2.75, 3.05) is 25.6 Å². The fraction of sp³-hybridized carbons (Fsp3) is 0.375. The van der Waals surface area contributed by atoms with Gasteiger partial charge in [0.1, 0.15) is 17.7 Å². The van der Waals surface area contributed by atoms with Gasteiger partial charge < -0.3 is 10.1 Å². The first-order valence-corrected chi connectivity index (χ1v) is 14.0. The Balaban J connectivity index is 1.86. The van der Waals surface area contributed by atoms with Crippen LogP contribution >= 0.6 is 0 Å². The zero-order valence-corrected chi connectivity index (χ0v) is 19.5. The van der Waals surface area contributed by atoms with Crippen LogP contribution in [0.1, 0.15) is 12.0 Å². The highest BCUT2D eigenvalue weighted by Crippen LogP contribution is 2.22. The van der Waals surface area contributed by atoms with Crippen molar-refractivity contribution in [3.8, 4) is 0 Å². The Morgan fingerprint density at radius 2 is 1.81 bits per heavy atom. The van der Waals surface area contributed by atoms with Crippen molar-refractivity contribution in [1.29, 1.82) is 0 Å². The van der Waals surface area contributed by atoms with Crippen LogP contribution in [0.3, 0.4) is 0 Å². The van der Waals surface area contributed by atoms with Gasteiger partial charge in [0.25, 0.3) is 0 Å². The summed E-state index contributed by atoms with van der Waals surface area (Å²) in [6.45, 7) is 7.22. The van der Waals surface area contributed by atoms with Gasteiger partial charge in [0.15, 0.2) is 0 Å². The maximum atomic E-state index is 14.7. The Labute approximate surface area is 183 Å². The molecule has 1 aliphatic rings. The average Bonchev–Trinajstić information content (AvgIpc) is 2.68. The van der Waals surface area contributed by atoms with Gasteiger partial charge in [-0.25, -0.2) is 8.78 Å². The average molecular weight is 445 g/mol. The van der Waals surface area contributed by atoms with E-state index in [2.05, 4.69) is 5.32 Å². The van der Waals surface area contributed by atoms with Crippen molar-refractivity contribution in [2.24, 2.45) is 0 Å². The second-order valence-corrected chi connectivity index (χ2v) is 14.0. The molecule has 0 aromatic heterocycles. The molecule has 2 aromatic rings. The molecule has 4 nitrogen and oxygen atoms in total. The summed E-state index contributed by atoms with van der Waals surface area (Å²) in [7, 11) is -0.311. The molecule has 0 fully saturated rings. The minimum absolute atomic E-state index is 0.132. The number of nitrogens with one attached hydrogen (secondary N) is 1. The van der Waals surface area contributed by atoms with Crippen LogP contribution in [0, 0.1) is 11.6 Å². The molecule has 1 unspecified atom stereocenters. The second kappa shape index (κ2) is 9.85. The minimum atomic E-state index is -2.19. The first-order valence-electron chi connectivity index (χ1n) is 10.5. The summed E-state index contributed by atoms with van der Waals surface area (Å²) < 4.78 is 34.7. The molecule has 1 aliphatic heterocycles. The number of carbonyl (C=O) groups is 1. The lowest BCUT2D eigenvalue weighted by atomic mass is 9.99. The van der Waals surface area contributed by atoms with Gasteiger partial charge in [-0.3, -0.25) is 9.69 Å². The lowest BCUT2D eigenvalue weighted by Gasteiger charge is -2.31. The van der Waals surface area contributed by atoms with Crippen LogP contribution in [0.25, 0.3) is 0 Å². The smallest absolute Gasteiger partial charge is 0.245 e. The summed E-state index contributed by atoms with van der Waals surface area (Å²) in [6, 6.07) is 11.7. The largest absolute Gasteiger partial charge is 0.377 e. The van der Waals surface area contributed by atoms with Gasteiger partial charge in [0.2, 0.25) is 5.91 Å². The maximum Gasteiger partial charge on any atom is 0.245 e. The molecule has 3 rings (SSSR count). The van der Waals surface area contributed by atoms with Crippen LogP contribution in [-0.2, 0) is 16.1 Å². The molecule has 0 saturated heterocycles. The molecule has 1 amide bonds. The van der Waals surface area contributed by atoms with Crippen LogP contribution in [0.5, 0.6) is 0 Å². The van der Waals surface area contributed by atoms with E-state index in [-0.39, 0.29) is 16.8 Å².